The van der Waals surface area contributed by atoms with Crippen molar-refractivity contribution in [2.24, 2.45) is 5.92 Å². The van der Waals surface area contributed by atoms with Gasteiger partial charge in [0.2, 0.25) is 5.91 Å². The maximum atomic E-state index is 13.3. The molecule has 7 nitrogen and oxygen atoms in total. The highest BCUT2D eigenvalue weighted by atomic mass is 16.5. The van der Waals surface area contributed by atoms with Gasteiger partial charge in [-0.05, 0) is 61.1 Å². The number of amides is 1. The number of hydrogen-bond acceptors (Lipinski definition) is 5. The summed E-state index contributed by atoms with van der Waals surface area (Å²) >= 11 is 0. The number of nitrogens with one attached hydrogen (secondary N) is 1. The van der Waals surface area contributed by atoms with Gasteiger partial charge in [-0.2, -0.15) is 5.26 Å². The molecule has 176 valence electrons. The number of aliphatic carboxylic acids is 1. The van der Waals surface area contributed by atoms with Crippen LogP contribution in [0.15, 0.2) is 60.9 Å². The molecular formula is C28H25N3O4. The van der Waals surface area contributed by atoms with E-state index in [2.05, 4.69) is 28.5 Å². The highest BCUT2D eigenvalue weighted by molar-refractivity contribution is 5.97. The van der Waals surface area contributed by atoms with Crippen LogP contribution in [0.5, 0.6) is 5.75 Å². The molecular weight excluding hydrogens is 442 g/mol. The number of pyridine rings is 1. The molecule has 1 amide bonds. The zero-order chi connectivity index (χ0) is 24.4. The number of aryl methyl sites for hydroxylation is 1. The Morgan fingerprint density at radius 3 is 2.86 bits per heavy atom. The van der Waals surface area contributed by atoms with Crippen LogP contribution in [0, 0.1) is 17.2 Å². The van der Waals surface area contributed by atoms with Gasteiger partial charge in [0.05, 0.1) is 18.2 Å². The molecule has 2 aliphatic rings. The molecule has 1 fully saturated rings. The Labute approximate surface area is 203 Å². The molecule has 3 aromatic rings. The molecule has 0 unspecified atom stereocenters. The van der Waals surface area contributed by atoms with Crippen LogP contribution in [0.4, 0.5) is 5.69 Å². The van der Waals surface area contributed by atoms with E-state index in [4.69, 9.17) is 9.84 Å². The van der Waals surface area contributed by atoms with E-state index in [-0.39, 0.29) is 23.7 Å². The van der Waals surface area contributed by atoms with Gasteiger partial charge in [0.1, 0.15) is 5.75 Å². The number of carbonyl (C=O) groups excluding carboxylic acids is 1. The van der Waals surface area contributed by atoms with Crippen molar-refractivity contribution in [1.29, 1.82) is 5.26 Å². The van der Waals surface area contributed by atoms with Crippen LogP contribution in [0.25, 0.3) is 11.1 Å². The smallest absolute Gasteiger partial charge is 0.303 e. The van der Waals surface area contributed by atoms with Crippen LogP contribution >= 0.6 is 0 Å². The third kappa shape index (κ3) is 4.47. The van der Waals surface area contributed by atoms with Gasteiger partial charge in [-0.3, -0.25) is 14.6 Å². The van der Waals surface area contributed by atoms with E-state index in [0.29, 0.717) is 30.7 Å². The zero-order valence-electron chi connectivity index (χ0n) is 19.2. The molecule has 1 spiro atoms. The molecule has 1 aliphatic heterocycles. The second-order valence-corrected chi connectivity index (χ2v) is 9.18. The lowest BCUT2D eigenvalue weighted by molar-refractivity contribution is -0.137. The number of carboxylic acid groups (broad SMARTS) is 1. The number of ether oxygens (including phenoxy) is 1. The summed E-state index contributed by atoms with van der Waals surface area (Å²) < 4.78 is 5.98. The lowest BCUT2D eigenvalue weighted by atomic mass is 9.86. The summed E-state index contributed by atoms with van der Waals surface area (Å²) in [6.45, 7) is 0.553. The van der Waals surface area contributed by atoms with Crippen molar-refractivity contribution in [1.82, 2.24) is 4.98 Å². The monoisotopic (exact) mass is 467 g/mol. The molecule has 0 radical (unpaired) electrons. The number of hydrogen-bond donors (Lipinski definition) is 2. The van der Waals surface area contributed by atoms with Crippen molar-refractivity contribution in [3.63, 3.8) is 0 Å². The lowest BCUT2D eigenvalue weighted by Crippen LogP contribution is -2.27. The summed E-state index contributed by atoms with van der Waals surface area (Å²) in [6, 6.07) is 17.3. The van der Waals surface area contributed by atoms with E-state index in [9.17, 15) is 14.9 Å². The second-order valence-electron chi connectivity index (χ2n) is 9.18. The average Bonchev–Trinajstić information content (AvgIpc) is 3.59. The van der Waals surface area contributed by atoms with Crippen molar-refractivity contribution in [2.75, 3.05) is 11.9 Å². The third-order valence-corrected chi connectivity index (χ3v) is 7.04. The van der Waals surface area contributed by atoms with Gasteiger partial charge in [0.25, 0.3) is 0 Å². The minimum Gasteiger partial charge on any atom is -0.493 e. The molecule has 2 aromatic carbocycles. The van der Waals surface area contributed by atoms with Gasteiger partial charge < -0.3 is 15.2 Å². The highest BCUT2D eigenvalue weighted by Crippen LogP contribution is 2.61. The number of benzene rings is 2. The van der Waals surface area contributed by atoms with Crippen LogP contribution < -0.4 is 10.1 Å². The first-order valence-electron chi connectivity index (χ1n) is 11.7. The van der Waals surface area contributed by atoms with E-state index in [0.717, 1.165) is 40.8 Å². The Morgan fingerprint density at radius 2 is 2.09 bits per heavy atom. The summed E-state index contributed by atoms with van der Waals surface area (Å²) in [5.41, 5.74) is 4.71. The molecule has 0 bridgehead atoms. The number of nitriles is 1. The molecule has 1 saturated carbocycles. The number of nitrogens with zero attached hydrogens (tertiary/aromatic N) is 2. The van der Waals surface area contributed by atoms with E-state index in [1.54, 1.807) is 24.4 Å². The number of fused-ring (bicyclic) bond motifs is 2. The third-order valence-electron chi connectivity index (χ3n) is 7.04. The van der Waals surface area contributed by atoms with E-state index < -0.39 is 5.97 Å². The van der Waals surface area contributed by atoms with Crippen LogP contribution in [0.3, 0.4) is 0 Å². The van der Waals surface area contributed by atoms with Gasteiger partial charge >= 0.3 is 5.97 Å². The zero-order valence-corrected chi connectivity index (χ0v) is 19.2. The Bertz CT molecular complexity index is 1330. The van der Waals surface area contributed by atoms with Crippen LogP contribution in [0.1, 0.15) is 42.4 Å². The number of carbonyl (C=O) groups is 2. The van der Waals surface area contributed by atoms with Crippen LogP contribution in [-0.4, -0.2) is 28.6 Å². The van der Waals surface area contributed by atoms with E-state index in [1.807, 2.05) is 24.4 Å². The number of rotatable bonds is 7. The summed E-state index contributed by atoms with van der Waals surface area (Å²) in [4.78, 5) is 28.4. The van der Waals surface area contributed by atoms with Crippen molar-refractivity contribution in [3.05, 3.63) is 77.6 Å². The normalized spacial score (nSPS) is 19.8. The topological polar surface area (TPSA) is 112 Å². The molecule has 1 aliphatic carbocycles. The Morgan fingerprint density at radius 1 is 1.20 bits per heavy atom. The molecule has 5 rings (SSSR count). The molecule has 2 N–H and O–H groups in total. The number of carboxylic acids is 1. The summed E-state index contributed by atoms with van der Waals surface area (Å²) in [7, 11) is 0. The van der Waals surface area contributed by atoms with Gasteiger partial charge in [0, 0.05) is 47.0 Å². The first-order valence-corrected chi connectivity index (χ1v) is 11.7. The van der Waals surface area contributed by atoms with Crippen molar-refractivity contribution in [3.8, 4) is 22.9 Å². The fourth-order valence-electron chi connectivity index (χ4n) is 5.10. The minimum absolute atomic E-state index is 0.0525. The predicted octanol–water partition coefficient (Wildman–Crippen LogP) is 4.71. The summed E-state index contributed by atoms with van der Waals surface area (Å²) in [5, 5.41) is 21.3. The number of aromatic nitrogens is 1. The first kappa shape index (κ1) is 22.6. The summed E-state index contributed by atoms with van der Waals surface area (Å²) in [6.07, 6.45) is 6.10. The highest BCUT2D eigenvalue weighted by Gasteiger charge is 2.61. The fourth-order valence-corrected chi connectivity index (χ4v) is 5.10. The first-order chi connectivity index (χ1) is 17.0. The van der Waals surface area contributed by atoms with Crippen molar-refractivity contribution in [2.45, 2.75) is 37.5 Å². The molecule has 2 atom stereocenters. The molecule has 1 aromatic heterocycles. The molecule has 35 heavy (non-hydrogen) atoms. The van der Waals surface area contributed by atoms with Crippen molar-refractivity contribution < 1.29 is 19.4 Å². The van der Waals surface area contributed by atoms with Gasteiger partial charge in [0.15, 0.2) is 0 Å². The van der Waals surface area contributed by atoms with E-state index >= 15 is 0 Å². The predicted molar refractivity (Wildman–Crippen MR) is 130 cm³/mol. The lowest BCUT2D eigenvalue weighted by Gasteiger charge is -2.27. The second kappa shape index (κ2) is 9.22. The van der Waals surface area contributed by atoms with Gasteiger partial charge in [-0.1, -0.05) is 24.3 Å². The molecule has 7 heteroatoms. The van der Waals surface area contributed by atoms with Gasteiger partial charge in [-0.15, -0.1) is 0 Å². The Hall–Kier alpha value is -4.18. The largest absolute Gasteiger partial charge is 0.493 e. The minimum atomic E-state index is -0.853. The van der Waals surface area contributed by atoms with Crippen LogP contribution in [-0.2, 0) is 21.4 Å². The van der Waals surface area contributed by atoms with Gasteiger partial charge in [-0.25, -0.2) is 0 Å². The SMILES string of the molecule is N#Cc1ccc(CCCC(=O)O)c(NC(=O)[C@@H]2C[C@]23CCOc2cc(-c4cccnc4)ccc23)c1. The maximum Gasteiger partial charge on any atom is 0.303 e. The molecule has 0 saturated heterocycles. The van der Waals surface area contributed by atoms with Crippen molar-refractivity contribution >= 4 is 17.6 Å². The van der Waals surface area contributed by atoms with E-state index in [1.165, 1.54) is 0 Å². The number of anilines is 1. The van der Waals surface area contributed by atoms with Crippen LogP contribution in [0.2, 0.25) is 0 Å². The summed E-state index contributed by atoms with van der Waals surface area (Å²) in [5.74, 6) is -0.307. The Kier molecular flexibility index (Phi) is 5.96. The average molecular weight is 468 g/mol. The fraction of sp³-hybridized carbons (Fsp3) is 0.286. The molecule has 2 heterocycles. The Balaban J connectivity index is 1.36. The quantitative estimate of drug-likeness (QED) is 0.521. The maximum absolute atomic E-state index is 13.3. The standard InChI is InChI=1S/C28H25N3O4/c29-16-18-6-7-19(3-1-5-26(32)33)24(13-18)31-27(34)23-15-28(23)10-12-35-25-14-20(8-9-22(25)28)21-4-2-11-30-17-21/h2,4,6-9,11,13-14,17,23H,1,3,5,10,12,15H2,(H,31,34)(H,32,33)/t23-,28-/m0/s1.